The van der Waals surface area contributed by atoms with Crippen LogP contribution in [0.1, 0.15) is 45.4 Å². The van der Waals surface area contributed by atoms with E-state index in [1.165, 1.54) is 43.6 Å². The van der Waals surface area contributed by atoms with Crippen LogP contribution in [0.5, 0.6) is 0 Å². The molecule has 2 nitrogen and oxygen atoms in total. The predicted octanol–water partition coefficient (Wildman–Crippen LogP) is 2.35. The van der Waals surface area contributed by atoms with Gasteiger partial charge in [-0.3, -0.25) is 8.75 Å². The number of rotatable bonds is 7. The van der Waals surface area contributed by atoms with Crippen LogP contribution in [0.25, 0.3) is 0 Å². The molecule has 86 valence electrons. The van der Waals surface area contributed by atoms with Gasteiger partial charge in [-0.15, -0.1) is 0 Å². The van der Waals surface area contributed by atoms with Gasteiger partial charge in [-0.1, -0.05) is 50.6 Å². The van der Waals surface area contributed by atoms with Crippen LogP contribution < -0.4 is 5.56 Å². The van der Waals surface area contributed by atoms with E-state index in [-0.39, 0.29) is 32.9 Å². The molecule has 0 N–H and O–H groups in total. The number of nitrogens with zero attached hydrogens (tertiary/aromatic N) is 1. The Bertz CT molecular complexity index is 295. The topological polar surface area (TPSA) is 22.0 Å². The molecule has 0 aromatic carbocycles. The minimum absolute atomic E-state index is 0. The Morgan fingerprint density at radius 2 is 1.87 bits per heavy atom. The Morgan fingerprint density at radius 3 is 2.47 bits per heavy atom. The molecule has 0 aliphatic rings. The zero-order chi connectivity index (χ0) is 10.2. The van der Waals surface area contributed by atoms with Gasteiger partial charge in [0.25, 0.3) is 5.56 Å². The number of aryl methyl sites for hydroxylation is 1. The van der Waals surface area contributed by atoms with Crippen molar-refractivity contribution >= 4 is 38.8 Å². The van der Waals surface area contributed by atoms with Gasteiger partial charge in [0.1, 0.15) is 0 Å². The maximum absolute atomic E-state index is 11.2. The van der Waals surface area contributed by atoms with Crippen molar-refractivity contribution in [1.82, 2.24) is 3.96 Å². The molecule has 0 aliphatic carbocycles. The van der Waals surface area contributed by atoms with E-state index in [0.717, 1.165) is 13.0 Å². The summed E-state index contributed by atoms with van der Waals surface area (Å²) in [4.78, 5) is 11.2. The summed E-state index contributed by atoms with van der Waals surface area (Å²) in [5.74, 6) is 0. The molecular weight excluding hydrogens is 401 g/mol. The second kappa shape index (κ2) is 9.57. The van der Waals surface area contributed by atoms with Crippen molar-refractivity contribution in [2.45, 2.75) is 52.0 Å². The minimum atomic E-state index is 0. The molecular formula is C11H21NOPbS. The van der Waals surface area contributed by atoms with Crippen LogP contribution in [0, 0.1) is 0 Å². The van der Waals surface area contributed by atoms with Gasteiger partial charge >= 0.3 is 27.3 Å². The standard InChI is InChI=1S/C11H19NOS.Pb.2H/c1-2-3-4-5-6-7-9-12-11(13)8-10-14-12;;;/h8,10H,2-7,9H2,1H3;;;. The van der Waals surface area contributed by atoms with Crippen molar-refractivity contribution in [3.05, 3.63) is 21.8 Å². The molecule has 0 atom stereocenters. The molecule has 1 aromatic rings. The van der Waals surface area contributed by atoms with Crippen molar-refractivity contribution in [2.75, 3.05) is 0 Å². The summed E-state index contributed by atoms with van der Waals surface area (Å²) in [5.41, 5.74) is 0.156. The first-order valence-corrected chi connectivity index (χ1v) is 6.33. The molecule has 0 fully saturated rings. The van der Waals surface area contributed by atoms with Crippen LogP contribution >= 0.6 is 11.5 Å². The van der Waals surface area contributed by atoms with Gasteiger partial charge in [-0.05, 0) is 6.42 Å². The van der Waals surface area contributed by atoms with E-state index in [4.69, 9.17) is 0 Å². The molecule has 0 saturated carbocycles. The van der Waals surface area contributed by atoms with Crippen molar-refractivity contribution in [2.24, 2.45) is 0 Å². The summed E-state index contributed by atoms with van der Waals surface area (Å²) in [7, 11) is 0. The van der Waals surface area contributed by atoms with Gasteiger partial charge in [0, 0.05) is 18.0 Å². The normalized spacial score (nSPS) is 9.93. The molecule has 0 unspecified atom stereocenters. The third kappa shape index (κ3) is 6.50. The summed E-state index contributed by atoms with van der Waals surface area (Å²) in [6.07, 6.45) is 7.70. The Morgan fingerprint density at radius 1 is 1.20 bits per heavy atom. The van der Waals surface area contributed by atoms with Crippen LogP contribution in [0.4, 0.5) is 0 Å². The molecule has 15 heavy (non-hydrogen) atoms. The molecule has 1 rings (SSSR count). The second-order valence-corrected chi connectivity index (χ2v) is 4.54. The molecule has 2 radical (unpaired) electrons. The Hall–Kier alpha value is 0.352. The quantitative estimate of drug-likeness (QED) is 0.489. The first-order valence-electron chi connectivity index (χ1n) is 5.49. The van der Waals surface area contributed by atoms with E-state index in [1.54, 1.807) is 6.07 Å². The molecule has 0 spiro atoms. The van der Waals surface area contributed by atoms with E-state index in [9.17, 15) is 4.79 Å². The van der Waals surface area contributed by atoms with E-state index in [1.807, 2.05) is 9.34 Å². The summed E-state index contributed by atoms with van der Waals surface area (Å²) in [5, 5.41) is 1.86. The Labute approximate surface area is 116 Å². The first kappa shape index (κ1) is 15.4. The SMILES string of the molecule is CCCCCCCCn1sccc1=O.[PbH2]. The van der Waals surface area contributed by atoms with E-state index >= 15 is 0 Å². The molecule has 4 heteroatoms. The zero-order valence-electron chi connectivity index (χ0n) is 9.58. The van der Waals surface area contributed by atoms with Crippen molar-refractivity contribution < 1.29 is 0 Å². The van der Waals surface area contributed by atoms with E-state index < -0.39 is 0 Å². The zero-order valence-corrected chi connectivity index (χ0v) is 15.9. The average molecular weight is 423 g/mol. The molecule has 0 bridgehead atoms. The predicted molar refractivity (Wildman–Crippen MR) is 70.5 cm³/mol. The van der Waals surface area contributed by atoms with Crippen LogP contribution in [0.2, 0.25) is 0 Å². The van der Waals surface area contributed by atoms with Crippen LogP contribution in [0.15, 0.2) is 16.2 Å². The third-order valence-corrected chi connectivity index (χ3v) is 3.23. The number of hydrogen-bond donors (Lipinski definition) is 0. The van der Waals surface area contributed by atoms with Crippen LogP contribution in [0.3, 0.4) is 0 Å². The summed E-state index contributed by atoms with van der Waals surface area (Å²) in [6, 6.07) is 1.64. The summed E-state index contributed by atoms with van der Waals surface area (Å²) >= 11 is 1.52. The van der Waals surface area contributed by atoms with Crippen molar-refractivity contribution in [1.29, 1.82) is 0 Å². The van der Waals surface area contributed by atoms with Crippen LogP contribution in [-0.2, 0) is 6.54 Å². The first-order chi connectivity index (χ1) is 6.84. The molecule has 0 aliphatic heterocycles. The maximum atomic E-state index is 11.2. The van der Waals surface area contributed by atoms with Gasteiger partial charge in [0.2, 0.25) is 0 Å². The number of hydrogen-bond acceptors (Lipinski definition) is 2. The molecule has 1 aromatic heterocycles. The van der Waals surface area contributed by atoms with E-state index in [0.29, 0.717) is 0 Å². The number of aromatic nitrogens is 1. The second-order valence-electron chi connectivity index (χ2n) is 3.62. The third-order valence-electron chi connectivity index (χ3n) is 2.36. The molecule has 1 heterocycles. The number of unbranched alkanes of at least 4 members (excludes halogenated alkanes) is 5. The van der Waals surface area contributed by atoms with Gasteiger partial charge in [-0.2, -0.15) is 0 Å². The monoisotopic (exact) mass is 423 g/mol. The van der Waals surface area contributed by atoms with Gasteiger partial charge < -0.3 is 0 Å². The van der Waals surface area contributed by atoms with E-state index in [2.05, 4.69) is 6.92 Å². The Balaban J connectivity index is 0.00000196. The average Bonchev–Trinajstić information content (AvgIpc) is 2.58. The molecule has 0 amide bonds. The van der Waals surface area contributed by atoms with Crippen LogP contribution in [-0.4, -0.2) is 31.3 Å². The van der Waals surface area contributed by atoms with Gasteiger partial charge in [-0.25, -0.2) is 0 Å². The van der Waals surface area contributed by atoms with Gasteiger partial charge in [0.05, 0.1) is 0 Å². The van der Waals surface area contributed by atoms with Crippen molar-refractivity contribution in [3.8, 4) is 0 Å². The fourth-order valence-electron chi connectivity index (χ4n) is 1.50. The summed E-state index contributed by atoms with van der Waals surface area (Å²) in [6.45, 7) is 3.13. The Kier molecular flexibility index (Phi) is 9.79. The fraction of sp³-hybridized carbons (Fsp3) is 0.727. The van der Waals surface area contributed by atoms with Crippen molar-refractivity contribution in [3.63, 3.8) is 0 Å². The fourth-order valence-corrected chi connectivity index (χ4v) is 2.22. The van der Waals surface area contributed by atoms with Gasteiger partial charge in [0.15, 0.2) is 0 Å². The summed E-state index contributed by atoms with van der Waals surface area (Å²) < 4.78 is 1.83. The molecule has 0 saturated heterocycles.